The molecular formula is C14H24N4O2. The summed E-state index contributed by atoms with van der Waals surface area (Å²) < 4.78 is 0.828. The Balaban J connectivity index is 2.53. The first kappa shape index (κ1) is 15.1. The normalized spacial score (nSPS) is 29.4. The fraction of sp³-hybridized carbons (Fsp3) is 0.857. The van der Waals surface area contributed by atoms with Gasteiger partial charge in [-0.25, -0.2) is 0 Å². The molecule has 0 amide bonds. The molecule has 2 aliphatic heterocycles. The summed E-state index contributed by atoms with van der Waals surface area (Å²) in [5.41, 5.74) is -2.54. The van der Waals surface area contributed by atoms with Crippen molar-refractivity contribution in [3.05, 3.63) is 10.1 Å². The van der Waals surface area contributed by atoms with Crippen LogP contribution in [0.5, 0.6) is 0 Å². The van der Waals surface area contributed by atoms with Crippen LogP contribution in [-0.4, -0.2) is 43.7 Å². The molecule has 0 N–H and O–H groups in total. The third-order valence-corrected chi connectivity index (χ3v) is 5.37. The lowest BCUT2D eigenvalue weighted by molar-refractivity contribution is -0.513. The van der Waals surface area contributed by atoms with Gasteiger partial charge in [-0.2, -0.15) is 0 Å². The number of nitroso groups, excluding NO2 is 1. The molecule has 0 spiro atoms. The largest absolute Gasteiger partial charge is 0.757 e. The fourth-order valence-electron chi connectivity index (χ4n) is 2.20. The Labute approximate surface area is 120 Å². The zero-order valence-electron chi connectivity index (χ0n) is 13.6. The van der Waals surface area contributed by atoms with Gasteiger partial charge in [0.1, 0.15) is 0 Å². The van der Waals surface area contributed by atoms with Crippen LogP contribution >= 0.6 is 0 Å². The van der Waals surface area contributed by atoms with Gasteiger partial charge in [0.25, 0.3) is 0 Å². The Bertz CT molecular complexity index is 541. The first-order valence-electron chi connectivity index (χ1n) is 6.90. The van der Waals surface area contributed by atoms with Gasteiger partial charge in [0.15, 0.2) is 11.1 Å². The number of amidine groups is 2. The molecule has 0 aromatic heterocycles. The van der Waals surface area contributed by atoms with E-state index in [0.29, 0.717) is 0 Å². The number of hydrogen-bond donors (Lipinski definition) is 0. The van der Waals surface area contributed by atoms with Crippen LogP contribution in [0.3, 0.4) is 0 Å². The number of hydrogen-bond acceptors (Lipinski definition) is 5. The second kappa shape index (κ2) is 3.67. The summed E-state index contributed by atoms with van der Waals surface area (Å²) in [5.74, 6) is 0.294. The van der Waals surface area contributed by atoms with Crippen LogP contribution in [0.4, 0.5) is 0 Å². The van der Waals surface area contributed by atoms with Gasteiger partial charge in [-0.1, -0.05) is 9.90 Å². The van der Waals surface area contributed by atoms with Gasteiger partial charge in [0, 0.05) is 5.54 Å². The SMILES string of the molecule is CC1(C)N=C(C2=NC(C)(C)C(C)(C)[N+]2=O)N([O-])C1(C)C. The maximum absolute atomic E-state index is 12.5. The molecule has 0 saturated carbocycles. The molecule has 0 radical (unpaired) electrons. The van der Waals surface area contributed by atoms with Crippen LogP contribution in [0, 0.1) is 10.1 Å². The van der Waals surface area contributed by atoms with Gasteiger partial charge < -0.3 is 10.3 Å². The van der Waals surface area contributed by atoms with Crippen LogP contribution in [0.2, 0.25) is 0 Å². The smallest absolute Gasteiger partial charge is 0.399 e. The van der Waals surface area contributed by atoms with Gasteiger partial charge >= 0.3 is 5.84 Å². The quantitative estimate of drug-likeness (QED) is 0.693. The van der Waals surface area contributed by atoms with Gasteiger partial charge in [-0.3, -0.25) is 4.99 Å². The molecule has 0 bridgehead atoms. The Morgan fingerprint density at radius 3 is 1.75 bits per heavy atom. The highest BCUT2D eigenvalue weighted by Gasteiger charge is 2.62. The second-order valence-corrected chi connectivity index (χ2v) is 7.70. The lowest BCUT2D eigenvalue weighted by atomic mass is 9.84. The van der Waals surface area contributed by atoms with E-state index in [1.807, 2.05) is 55.4 Å². The third-order valence-electron chi connectivity index (χ3n) is 5.37. The van der Waals surface area contributed by atoms with E-state index >= 15 is 0 Å². The Hall–Kier alpha value is -1.30. The minimum Gasteiger partial charge on any atom is -0.757 e. The minimum absolute atomic E-state index is 0.147. The van der Waals surface area contributed by atoms with E-state index in [1.54, 1.807) is 0 Å². The maximum atomic E-state index is 12.5. The summed E-state index contributed by atoms with van der Waals surface area (Å²) in [7, 11) is 0. The summed E-state index contributed by atoms with van der Waals surface area (Å²) in [6.07, 6.45) is 0. The molecule has 0 fully saturated rings. The Morgan fingerprint density at radius 1 is 0.950 bits per heavy atom. The molecule has 2 heterocycles. The summed E-state index contributed by atoms with van der Waals surface area (Å²) in [6.45, 7) is 14.9. The van der Waals surface area contributed by atoms with Gasteiger partial charge in [0.05, 0.1) is 5.54 Å². The molecule has 6 nitrogen and oxygen atoms in total. The van der Waals surface area contributed by atoms with Crippen molar-refractivity contribution in [1.82, 2.24) is 5.06 Å². The standard InChI is InChI=1S/C14H24N4O2/c1-11(2)13(5,6)17(19)9(15-11)10-16-12(3,4)14(7,8)18(10)20/h1-8H3. The number of hydroxylamine groups is 2. The van der Waals surface area contributed by atoms with E-state index in [0.717, 1.165) is 9.82 Å². The summed E-state index contributed by atoms with van der Waals surface area (Å²) in [6, 6.07) is 0. The van der Waals surface area contributed by atoms with Crippen molar-refractivity contribution >= 4 is 11.7 Å². The van der Waals surface area contributed by atoms with Crippen molar-refractivity contribution in [2.75, 3.05) is 0 Å². The Morgan fingerprint density at radius 2 is 1.45 bits per heavy atom. The van der Waals surface area contributed by atoms with E-state index in [2.05, 4.69) is 9.98 Å². The van der Waals surface area contributed by atoms with E-state index in [4.69, 9.17) is 0 Å². The molecule has 0 atom stereocenters. The van der Waals surface area contributed by atoms with Crippen molar-refractivity contribution in [3.63, 3.8) is 0 Å². The van der Waals surface area contributed by atoms with E-state index < -0.39 is 22.2 Å². The molecular weight excluding hydrogens is 256 g/mol. The summed E-state index contributed by atoms with van der Waals surface area (Å²) in [4.78, 5) is 21.5. The number of nitrogens with zero attached hydrogens (tertiary/aromatic N) is 4. The molecule has 0 aromatic rings. The first-order chi connectivity index (χ1) is 8.76. The van der Waals surface area contributed by atoms with E-state index in [-0.39, 0.29) is 11.7 Å². The van der Waals surface area contributed by atoms with Crippen LogP contribution in [0.25, 0.3) is 0 Å². The maximum Gasteiger partial charge on any atom is 0.399 e. The van der Waals surface area contributed by atoms with E-state index in [1.165, 1.54) is 0 Å². The minimum atomic E-state index is -0.706. The average molecular weight is 280 g/mol. The van der Waals surface area contributed by atoms with E-state index in [9.17, 15) is 10.1 Å². The second-order valence-electron chi connectivity index (χ2n) is 7.70. The van der Waals surface area contributed by atoms with Crippen LogP contribution < -0.4 is 0 Å². The molecule has 0 aromatic carbocycles. The highest BCUT2D eigenvalue weighted by molar-refractivity contribution is 6.38. The molecule has 20 heavy (non-hydrogen) atoms. The highest BCUT2D eigenvalue weighted by atomic mass is 16.5. The molecule has 0 aliphatic carbocycles. The third kappa shape index (κ3) is 1.60. The molecule has 6 heteroatoms. The predicted octanol–water partition coefficient (Wildman–Crippen LogP) is 2.50. The first-order valence-corrected chi connectivity index (χ1v) is 6.90. The van der Waals surface area contributed by atoms with Crippen LogP contribution in [0.15, 0.2) is 9.98 Å². The predicted molar refractivity (Wildman–Crippen MR) is 80.0 cm³/mol. The monoisotopic (exact) mass is 280 g/mol. The van der Waals surface area contributed by atoms with Gasteiger partial charge in [0.2, 0.25) is 5.84 Å². The summed E-state index contributed by atoms with van der Waals surface area (Å²) >= 11 is 0. The average Bonchev–Trinajstić information content (AvgIpc) is 2.54. The van der Waals surface area contributed by atoms with Crippen molar-refractivity contribution < 1.29 is 4.76 Å². The van der Waals surface area contributed by atoms with Crippen molar-refractivity contribution in [1.29, 1.82) is 0 Å². The highest BCUT2D eigenvalue weighted by Crippen LogP contribution is 2.40. The Kier molecular flexibility index (Phi) is 2.77. The topological polar surface area (TPSA) is 71.1 Å². The molecule has 112 valence electrons. The van der Waals surface area contributed by atoms with Crippen LogP contribution in [0.1, 0.15) is 55.4 Å². The van der Waals surface area contributed by atoms with Crippen molar-refractivity contribution in [2.24, 2.45) is 9.98 Å². The summed E-state index contributed by atoms with van der Waals surface area (Å²) in [5, 5.41) is 13.4. The van der Waals surface area contributed by atoms with Gasteiger partial charge in [-0.15, -0.1) is 0 Å². The van der Waals surface area contributed by atoms with Gasteiger partial charge in [-0.05, 0) is 60.1 Å². The zero-order valence-corrected chi connectivity index (χ0v) is 13.6. The molecule has 2 rings (SSSR count). The lowest BCUT2D eigenvalue weighted by Gasteiger charge is -2.45. The number of rotatable bonds is 1. The molecule has 0 saturated heterocycles. The fourth-order valence-corrected chi connectivity index (χ4v) is 2.20. The van der Waals surface area contributed by atoms with Crippen molar-refractivity contribution in [3.8, 4) is 0 Å². The van der Waals surface area contributed by atoms with Crippen molar-refractivity contribution in [2.45, 2.75) is 77.5 Å². The van der Waals surface area contributed by atoms with Crippen LogP contribution in [-0.2, 0) is 0 Å². The number of aliphatic imine (C=N–C) groups is 2. The molecule has 0 unspecified atom stereocenters. The molecule has 2 aliphatic rings. The lowest BCUT2D eigenvalue weighted by Crippen LogP contribution is -2.52. The zero-order chi connectivity index (χ0) is 15.7.